The zero-order valence-electron chi connectivity index (χ0n) is 19.9. The second kappa shape index (κ2) is 10.8. The van der Waals surface area contributed by atoms with Gasteiger partial charge in [-0.25, -0.2) is 14.4 Å². The summed E-state index contributed by atoms with van der Waals surface area (Å²) in [5.74, 6) is -1.56. The molecule has 4 rings (SSSR count). The summed E-state index contributed by atoms with van der Waals surface area (Å²) < 4.78 is 6.15. The number of aromatic nitrogens is 2. The van der Waals surface area contributed by atoms with Crippen molar-refractivity contribution < 1.29 is 24.5 Å². The normalized spacial score (nSPS) is 13.2. The number of carboxylic acid groups (broad SMARTS) is 1. The number of carboxylic acids is 1. The van der Waals surface area contributed by atoms with Crippen molar-refractivity contribution in [2.75, 3.05) is 13.7 Å². The monoisotopic (exact) mass is 504 g/mol. The minimum Gasteiger partial charge on any atom is -0.497 e. The summed E-state index contributed by atoms with van der Waals surface area (Å²) >= 11 is 0. The van der Waals surface area contributed by atoms with Crippen molar-refractivity contribution >= 4 is 23.5 Å². The van der Waals surface area contributed by atoms with Crippen molar-refractivity contribution in [3.8, 4) is 17.3 Å². The maximum absolute atomic E-state index is 12.7. The average Bonchev–Trinajstić information content (AvgIpc) is 3.22. The fourth-order valence-corrected chi connectivity index (χ4v) is 3.97. The smallest absolute Gasteiger partial charge is 0.335 e. The molecule has 0 radical (unpaired) electrons. The van der Waals surface area contributed by atoms with E-state index in [0.29, 0.717) is 28.8 Å². The molecule has 37 heavy (non-hydrogen) atoms. The van der Waals surface area contributed by atoms with Gasteiger partial charge >= 0.3 is 11.7 Å². The number of carbonyl (C=O) groups excluding carboxylic acids is 1. The van der Waals surface area contributed by atoms with Gasteiger partial charge in [0.15, 0.2) is 0 Å². The zero-order valence-corrected chi connectivity index (χ0v) is 19.9. The van der Waals surface area contributed by atoms with Crippen LogP contribution in [0.15, 0.2) is 68.8 Å². The molecule has 3 aromatic rings. The van der Waals surface area contributed by atoms with Gasteiger partial charge < -0.3 is 20.3 Å². The molecule has 0 bridgehead atoms. The number of methoxy groups -OCH3 is 1. The van der Waals surface area contributed by atoms with Crippen LogP contribution in [0.3, 0.4) is 0 Å². The second-order valence-corrected chi connectivity index (χ2v) is 8.16. The fraction of sp³-hybridized carbons (Fsp3) is 0.192. The molecule has 1 amide bonds. The number of carbonyl (C=O) groups is 2. The first-order valence-electron chi connectivity index (χ1n) is 11.4. The number of hydrogen-bond acceptors (Lipinski definition) is 7. The van der Waals surface area contributed by atoms with E-state index in [1.807, 2.05) is 18.2 Å². The summed E-state index contributed by atoms with van der Waals surface area (Å²) in [7, 11) is 1.47. The maximum atomic E-state index is 12.7. The molecule has 0 saturated heterocycles. The van der Waals surface area contributed by atoms with E-state index in [9.17, 15) is 24.3 Å². The lowest BCUT2D eigenvalue weighted by Crippen LogP contribution is -2.30. The maximum Gasteiger partial charge on any atom is 0.335 e. The van der Waals surface area contributed by atoms with E-state index < -0.39 is 29.0 Å². The summed E-state index contributed by atoms with van der Waals surface area (Å²) in [6.07, 6.45) is 1.32. The number of para-hydroxylation sites is 1. The predicted octanol–water partition coefficient (Wildman–Crippen LogP) is 0.436. The molecule has 1 aromatic heterocycles. The molecule has 0 aliphatic carbocycles. The molecule has 4 N–H and O–H groups in total. The van der Waals surface area contributed by atoms with Crippen LogP contribution in [0, 0.1) is 0 Å². The number of nitrogens with one attached hydrogen (secondary N) is 2. The van der Waals surface area contributed by atoms with Gasteiger partial charge in [-0.3, -0.25) is 19.4 Å². The fourth-order valence-electron chi connectivity index (χ4n) is 3.97. The van der Waals surface area contributed by atoms with E-state index in [2.05, 4.69) is 15.3 Å². The van der Waals surface area contributed by atoms with Gasteiger partial charge in [-0.1, -0.05) is 24.3 Å². The Kier molecular flexibility index (Phi) is 7.33. The molecule has 0 unspecified atom stereocenters. The molecule has 190 valence electrons. The summed E-state index contributed by atoms with van der Waals surface area (Å²) in [4.78, 5) is 54.7. The molecule has 11 nitrogen and oxygen atoms in total. The van der Waals surface area contributed by atoms with Crippen molar-refractivity contribution in [3.05, 3.63) is 91.2 Å². The summed E-state index contributed by atoms with van der Waals surface area (Å²) in [6.45, 7) is 0.209. The van der Waals surface area contributed by atoms with Crippen molar-refractivity contribution in [1.82, 2.24) is 14.9 Å². The minimum atomic E-state index is -1.06. The van der Waals surface area contributed by atoms with Crippen LogP contribution in [0.5, 0.6) is 11.6 Å². The first kappa shape index (κ1) is 25.2. The number of benzene rings is 2. The Balaban J connectivity index is 1.72. The highest BCUT2D eigenvalue weighted by Gasteiger charge is 2.19. The van der Waals surface area contributed by atoms with E-state index in [1.165, 1.54) is 19.3 Å². The Morgan fingerprint density at radius 2 is 1.92 bits per heavy atom. The van der Waals surface area contributed by atoms with Crippen molar-refractivity contribution in [2.24, 2.45) is 4.99 Å². The van der Waals surface area contributed by atoms with Crippen LogP contribution < -0.4 is 31.9 Å². The molecule has 0 fully saturated rings. The minimum absolute atomic E-state index is 0.136. The molecule has 11 heteroatoms. The quantitative estimate of drug-likeness (QED) is 0.328. The Labute approximate surface area is 209 Å². The van der Waals surface area contributed by atoms with Crippen LogP contribution in [-0.2, 0) is 9.59 Å². The number of allylic oxidation sites excluding steroid dienone is 1. The third-order valence-electron chi connectivity index (χ3n) is 5.76. The molecular weight excluding hydrogens is 480 g/mol. The summed E-state index contributed by atoms with van der Waals surface area (Å²) in [5, 5.41) is 23.9. The molecule has 1 aliphatic rings. The van der Waals surface area contributed by atoms with Gasteiger partial charge in [-0.05, 0) is 36.3 Å². The van der Waals surface area contributed by atoms with Gasteiger partial charge in [-0.15, -0.1) is 0 Å². The van der Waals surface area contributed by atoms with Crippen molar-refractivity contribution in [3.63, 3.8) is 0 Å². The van der Waals surface area contributed by atoms with E-state index in [4.69, 9.17) is 9.84 Å². The van der Waals surface area contributed by atoms with Gasteiger partial charge in [0.25, 0.3) is 5.56 Å². The number of amides is 1. The van der Waals surface area contributed by atoms with Crippen molar-refractivity contribution in [2.45, 2.75) is 19.3 Å². The number of aromatic amines is 1. The van der Waals surface area contributed by atoms with Gasteiger partial charge in [0.1, 0.15) is 11.3 Å². The molecule has 0 spiro atoms. The number of hydrogen-bond donors (Lipinski definition) is 4. The lowest BCUT2D eigenvalue weighted by molar-refractivity contribution is -0.138. The topological polar surface area (TPSA) is 163 Å². The Morgan fingerprint density at radius 1 is 1.14 bits per heavy atom. The third-order valence-corrected chi connectivity index (χ3v) is 5.76. The highest BCUT2D eigenvalue weighted by Crippen LogP contribution is 2.25. The SMILES string of the molecule is COc1cccc(-n2c(O)c(/C=C3\N=c4ccccc4=C3CCNC(=O)CCC(=O)O)c(=O)[nH]c2=O)c1. The van der Waals surface area contributed by atoms with Gasteiger partial charge in [0.05, 0.1) is 30.3 Å². The first-order valence-corrected chi connectivity index (χ1v) is 11.4. The van der Waals surface area contributed by atoms with Crippen LogP contribution in [-0.4, -0.2) is 45.3 Å². The van der Waals surface area contributed by atoms with Crippen molar-refractivity contribution in [1.29, 1.82) is 0 Å². The van der Waals surface area contributed by atoms with Crippen LogP contribution in [0.25, 0.3) is 17.3 Å². The molecule has 0 atom stereocenters. The van der Waals surface area contributed by atoms with E-state index in [-0.39, 0.29) is 30.6 Å². The van der Waals surface area contributed by atoms with E-state index in [0.717, 1.165) is 9.79 Å². The lowest BCUT2D eigenvalue weighted by Gasteiger charge is -2.12. The molecule has 2 heterocycles. The lowest BCUT2D eigenvalue weighted by atomic mass is 10.1. The summed E-state index contributed by atoms with van der Waals surface area (Å²) in [6, 6.07) is 13.7. The van der Waals surface area contributed by atoms with Gasteiger partial charge in [0.2, 0.25) is 11.8 Å². The number of aliphatic carboxylic acids is 1. The zero-order chi connectivity index (χ0) is 26.5. The van der Waals surface area contributed by atoms with E-state index >= 15 is 0 Å². The first-order chi connectivity index (χ1) is 17.8. The Morgan fingerprint density at radius 3 is 2.68 bits per heavy atom. The highest BCUT2D eigenvalue weighted by atomic mass is 16.5. The predicted molar refractivity (Wildman–Crippen MR) is 134 cm³/mol. The number of H-pyrrole nitrogens is 1. The van der Waals surface area contributed by atoms with Crippen LogP contribution >= 0.6 is 0 Å². The van der Waals surface area contributed by atoms with Gasteiger partial charge in [0, 0.05) is 24.3 Å². The number of rotatable bonds is 9. The Hall–Kier alpha value is -4.93. The molecular formula is C26H24N4O7. The average molecular weight is 504 g/mol. The number of fused-ring (bicyclic) bond motifs is 1. The molecule has 1 aliphatic heterocycles. The Bertz CT molecular complexity index is 1650. The molecule has 0 saturated carbocycles. The molecule has 2 aromatic carbocycles. The third kappa shape index (κ3) is 5.50. The standard InChI is InChI=1S/C26H24N4O7/c1-37-16-6-4-5-15(13-16)30-25(35)19(24(34)29-26(30)36)14-21-18(17-7-2-3-8-20(17)28-21)11-12-27-22(31)9-10-23(32)33/h2-8,13-14,35H,9-12H2,1H3,(H,27,31)(H,32,33)(H,29,34,36)/b21-14-. The number of aromatic hydroxyl groups is 1. The highest BCUT2D eigenvalue weighted by molar-refractivity contribution is 5.81. The van der Waals surface area contributed by atoms with E-state index in [1.54, 1.807) is 24.3 Å². The largest absolute Gasteiger partial charge is 0.497 e. The number of nitrogens with zero attached hydrogens (tertiary/aromatic N) is 2. The summed E-state index contributed by atoms with van der Waals surface area (Å²) in [5.41, 5.74) is -0.390. The van der Waals surface area contributed by atoms with Crippen LogP contribution in [0.1, 0.15) is 24.8 Å². The number of ether oxygens (including phenoxy) is 1. The van der Waals surface area contributed by atoms with Crippen LogP contribution in [0.4, 0.5) is 0 Å². The van der Waals surface area contributed by atoms with Crippen LogP contribution in [0.2, 0.25) is 0 Å². The second-order valence-electron chi connectivity index (χ2n) is 8.16. The van der Waals surface area contributed by atoms with Gasteiger partial charge in [-0.2, -0.15) is 0 Å².